The van der Waals surface area contributed by atoms with Crippen LogP contribution < -0.4 is 10.6 Å². The molecule has 0 fully saturated rings. The van der Waals surface area contributed by atoms with Gasteiger partial charge in [0.15, 0.2) is 0 Å². The minimum atomic E-state index is -1.08. The number of aliphatic carboxylic acids is 1. The van der Waals surface area contributed by atoms with Gasteiger partial charge in [0.25, 0.3) is 5.91 Å². The Balaban J connectivity index is 1.90. The van der Waals surface area contributed by atoms with Crippen LogP contribution in [0, 0.1) is 0 Å². The van der Waals surface area contributed by atoms with Gasteiger partial charge >= 0.3 is 5.97 Å². The Labute approximate surface area is 156 Å². The SMILES string of the molecule is CC(NC(=O)c1ccc(NCc2cnc[nH]2)cc1-c1ccccc1)C(=O)O. The maximum Gasteiger partial charge on any atom is 0.325 e. The first-order valence-corrected chi connectivity index (χ1v) is 8.49. The van der Waals surface area contributed by atoms with Gasteiger partial charge in [-0.15, -0.1) is 0 Å². The number of imidazole rings is 1. The molecule has 0 radical (unpaired) electrons. The lowest BCUT2D eigenvalue weighted by Crippen LogP contribution is -2.38. The van der Waals surface area contributed by atoms with Crippen LogP contribution in [0.15, 0.2) is 61.1 Å². The van der Waals surface area contributed by atoms with Crippen molar-refractivity contribution >= 4 is 17.6 Å². The summed E-state index contributed by atoms with van der Waals surface area (Å²) < 4.78 is 0. The first kappa shape index (κ1) is 18.2. The standard InChI is InChI=1S/C20H20N4O3/c1-13(20(26)27)24-19(25)17-8-7-15(22-11-16-10-21-12-23-16)9-18(17)14-5-3-2-4-6-14/h2-10,12-13,22H,11H2,1H3,(H,21,23)(H,24,25)(H,26,27). The molecule has 0 saturated heterocycles. The fourth-order valence-corrected chi connectivity index (χ4v) is 2.62. The minimum Gasteiger partial charge on any atom is -0.480 e. The average molecular weight is 364 g/mol. The largest absolute Gasteiger partial charge is 0.480 e. The number of carbonyl (C=O) groups excluding carboxylic acids is 1. The molecule has 7 heteroatoms. The van der Waals surface area contributed by atoms with Crippen LogP contribution in [0.25, 0.3) is 11.1 Å². The first-order valence-electron chi connectivity index (χ1n) is 8.49. The fraction of sp³-hybridized carbons (Fsp3) is 0.150. The Morgan fingerprint density at radius 3 is 2.63 bits per heavy atom. The third-order valence-corrected chi connectivity index (χ3v) is 4.10. The van der Waals surface area contributed by atoms with E-state index in [4.69, 9.17) is 5.11 Å². The van der Waals surface area contributed by atoms with E-state index in [2.05, 4.69) is 20.6 Å². The monoisotopic (exact) mass is 364 g/mol. The lowest BCUT2D eigenvalue weighted by molar-refractivity contribution is -0.138. The number of hydrogen-bond acceptors (Lipinski definition) is 4. The number of nitrogens with zero attached hydrogens (tertiary/aromatic N) is 1. The third-order valence-electron chi connectivity index (χ3n) is 4.10. The van der Waals surface area contributed by atoms with E-state index in [1.807, 2.05) is 36.4 Å². The van der Waals surface area contributed by atoms with Gasteiger partial charge in [0.1, 0.15) is 6.04 Å². The molecule has 1 heterocycles. The summed E-state index contributed by atoms with van der Waals surface area (Å²) in [5.41, 5.74) is 3.79. The predicted octanol–water partition coefficient (Wildman–Crippen LogP) is 2.89. The molecular formula is C20H20N4O3. The molecule has 0 saturated carbocycles. The number of rotatable bonds is 7. The fourth-order valence-electron chi connectivity index (χ4n) is 2.62. The maximum atomic E-state index is 12.6. The molecule has 2 aromatic carbocycles. The summed E-state index contributed by atoms with van der Waals surface area (Å²) in [6.07, 6.45) is 3.35. The van der Waals surface area contributed by atoms with E-state index in [0.717, 1.165) is 22.5 Å². The molecule has 0 aliphatic rings. The smallest absolute Gasteiger partial charge is 0.325 e. The third kappa shape index (κ3) is 4.52. The molecular weight excluding hydrogens is 344 g/mol. The van der Waals surface area contributed by atoms with Crippen LogP contribution in [0.2, 0.25) is 0 Å². The van der Waals surface area contributed by atoms with Crippen molar-refractivity contribution in [2.24, 2.45) is 0 Å². The van der Waals surface area contributed by atoms with Gasteiger partial charge in [-0.3, -0.25) is 9.59 Å². The first-order chi connectivity index (χ1) is 13.0. The molecule has 0 spiro atoms. The van der Waals surface area contributed by atoms with Crippen molar-refractivity contribution in [3.05, 3.63) is 72.3 Å². The van der Waals surface area contributed by atoms with Crippen LogP contribution >= 0.6 is 0 Å². The summed E-state index contributed by atoms with van der Waals surface area (Å²) in [7, 11) is 0. The van der Waals surface area contributed by atoms with Crippen LogP contribution in [-0.4, -0.2) is 33.0 Å². The quantitative estimate of drug-likeness (QED) is 0.516. The van der Waals surface area contributed by atoms with Crippen molar-refractivity contribution < 1.29 is 14.7 Å². The Hall–Kier alpha value is -3.61. The van der Waals surface area contributed by atoms with Gasteiger partial charge in [-0.25, -0.2) is 4.98 Å². The van der Waals surface area contributed by atoms with E-state index >= 15 is 0 Å². The second-order valence-electron chi connectivity index (χ2n) is 6.09. The zero-order valence-corrected chi connectivity index (χ0v) is 14.8. The molecule has 4 N–H and O–H groups in total. The highest BCUT2D eigenvalue weighted by Crippen LogP contribution is 2.27. The van der Waals surface area contributed by atoms with E-state index in [9.17, 15) is 9.59 Å². The number of anilines is 1. The molecule has 0 aliphatic heterocycles. The number of hydrogen-bond donors (Lipinski definition) is 4. The van der Waals surface area contributed by atoms with Gasteiger partial charge in [0.2, 0.25) is 0 Å². The number of nitrogens with one attached hydrogen (secondary N) is 3. The van der Waals surface area contributed by atoms with E-state index in [0.29, 0.717) is 12.1 Å². The molecule has 1 atom stereocenters. The van der Waals surface area contributed by atoms with Gasteiger partial charge < -0.3 is 20.7 Å². The Kier molecular flexibility index (Phi) is 5.51. The molecule has 138 valence electrons. The molecule has 0 aliphatic carbocycles. The van der Waals surface area contributed by atoms with Crippen molar-refractivity contribution in [3.63, 3.8) is 0 Å². The van der Waals surface area contributed by atoms with Crippen molar-refractivity contribution in [2.75, 3.05) is 5.32 Å². The van der Waals surface area contributed by atoms with Crippen LogP contribution in [0.5, 0.6) is 0 Å². The zero-order chi connectivity index (χ0) is 19.2. The van der Waals surface area contributed by atoms with Crippen molar-refractivity contribution in [3.8, 4) is 11.1 Å². The second kappa shape index (κ2) is 8.18. The Morgan fingerprint density at radius 2 is 1.96 bits per heavy atom. The number of aromatic nitrogens is 2. The van der Waals surface area contributed by atoms with Crippen molar-refractivity contribution in [2.45, 2.75) is 19.5 Å². The van der Waals surface area contributed by atoms with Gasteiger partial charge in [0.05, 0.1) is 18.6 Å². The topological polar surface area (TPSA) is 107 Å². The summed E-state index contributed by atoms with van der Waals surface area (Å²) >= 11 is 0. The number of H-pyrrole nitrogens is 1. The minimum absolute atomic E-state index is 0.418. The summed E-state index contributed by atoms with van der Waals surface area (Å²) in [5, 5.41) is 14.8. The average Bonchev–Trinajstić information content (AvgIpc) is 3.20. The number of aromatic amines is 1. The Bertz CT molecular complexity index is 924. The predicted molar refractivity (Wildman–Crippen MR) is 102 cm³/mol. The maximum absolute atomic E-state index is 12.6. The van der Waals surface area contributed by atoms with Crippen LogP contribution in [0.1, 0.15) is 23.0 Å². The van der Waals surface area contributed by atoms with Crippen LogP contribution in [0.3, 0.4) is 0 Å². The van der Waals surface area contributed by atoms with Crippen LogP contribution in [0.4, 0.5) is 5.69 Å². The highest BCUT2D eigenvalue weighted by molar-refractivity contribution is 6.03. The lowest BCUT2D eigenvalue weighted by Gasteiger charge is -2.15. The number of carboxylic acid groups (broad SMARTS) is 1. The van der Waals surface area contributed by atoms with E-state index < -0.39 is 17.9 Å². The highest BCUT2D eigenvalue weighted by atomic mass is 16.4. The van der Waals surface area contributed by atoms with Gasteiger partial charge in [-0.05, 0) is 36.2 Å². The zero-order valence-electron chi connectivity index (χ0n) is 14.8. The molecule has 1 amide bonds. The Morgan fingerprint density at radius 1 is 1.19 bits per heavy atom. The summed E-state index contributed by atoms with van der Waals surface area (Å²) in [4.78, 5) is 30.6. The van der Waals surface area contributed by atoms with E-state index in [1.165, 1.54) is 6.92 Å². The molecule has 7 nitrogen and oxygen atoms in total. The van der Waals surface area contributed by atoms with E-state index in [-0.39, 0.29) is 0 Å². The number of carbonyl (C=O) groups is 2. The summed E-state index contributed by atoms with van der Waals surface area (Å²) in [6.45, 7) is 2.00. The van der Waals surface area contributed by atoms with Gasteiger partial charge in [-0.1, -0.05) is 30.3 Å². The summed E-state index contributed by atoms with van der Waals surface area (Å²) in [6, 6.07) is 13.9. The summed E-state index contributed by atoms with van der Waals surface area (Å²) in [5.74, 6) is -1.51. The number of carboxylic acids is 1. The van der Waals surface area contributed by atoms with Gasteiger partial charge in [0, 0.05) is 17.4 Å². The highest BCUT2D eigenvalue weighted by Gasteiger charge is 2.18. The van der Waals surface area contributed by atoms with Crippen molar-refractivity contribution in [1.82, 2.24) is 15.3 Å². The van der Waals surface area contributed by atoms with Crippen LogP contribution in [-0.2, 0) is 11.3 Å². The number of benzene rings is 2. The molecule has 1 unspecified atom stereocenters. The molecule has 3 aromatic rings. The lowest BCUT2D eigenvalue weighted by atomic mass is 9.98. The molecule has 27 heavy (non-hydrogen) atoms. The van der Waals surface area contributed by atoms with Crippen molar-refractivity contribution in [1.29, 1.82) is 0 Å². The second-order valence-corrected chi connectivity index (χ2v) is 6.09. The molecule has 3 rings (SSSR count). The van der Waals surface area contributed by atoms with Gasteiger partial charge in [-0.2, -0.15) is 0 Å². The molecule has 1 aromatic heterocycles. The van der Waals surface area contributed by atoms with E-state index in [1.54, 1.807) is 24.7 Å². The molecule has 0 bridgehead atoms. The normalized spacial score (nSPS) is 11.6. The number of amides is 1.